The Balaban J connectivity index is 2.38. The Hall–Kier alpha value is -0.900. The largest absolute Gasteiger partial charge is 0.452 e. The van der Waals surface area contributed by atoms with Gasteiger partial charge < -0.3 is 10.2 Å². The molecule has 0 fully saturated rings. The second kappa shape index (κ2) is 5.61. The van der Waals surface area contributed by atoms with Gasteiger partial charge in [0, 0.05) is 18.5 Å². The van der Waals surface area contributed by atoms with E-state index >= 15 is 0 Å². The van der Waals surface area contributed by atoms with Crippen molar-refractivity contribution in [3.63, 3.8) is 0 Å². The van der Waals surface area contributed by atoms with E-state index < -0.39 is 10.0 Å². The molecular weight excluding hydrogens is 402 g/mol. The van der Waals surface area contributed by atoms with Gasteiger partial charge in [-0.1, -0.05) is 0 Å². The Morgan fingerprint density at radius 2 is 2.16 bits per heavy atom. The minimum absolute atomic E-state index is 0.00309. The molecule has 0 radical (unpaired) electrons. The molecule has 3 N–H and O–H groups in total. The molecule has 0 saturated carbocycles. The lowest BCUT2D eigenvalue weighted by molar-refractivity contribution is 0.484. The number of halogens is 2. The molecule has 0 aliphatic carbocycles. The van der Waals surface area contributed by atoms with Crippen molar-refractivity contribution in [3.8, 4) is 0 Å². The number of nitrogens with two attached hydrogens (primary N) is 1. The van der Waals surface area contributed by atoms with Crippen LogP contribution in [0.25, 0.3) is 0 Å². The SMILES string of the molecule is NCc1cc(S(=O)(=O)Nc2ccncc2Br)c(Br)o1. The van der Waals surface area contributed by atoms with E-state index in [1.54, 1.807) is 6.07 Å². The smallest absolute Gasteiger partial charge is 0.266 e. The molecule has 6 nitrogen and oxygen atoms in total. The lowest BCUT2D eigenvalue weighted by atomic mass is 10.4. The molecule has 0 spiro atoms. The zero-order valence-electron chi connectivity index (χ0n) is 9.43. The summed E-state index contributed by atoms with van der Waals surface area (Å²) >= 11 is 6.27. The van der Waals surface area contributed by atoms with Crippen molar-refractivity contribution in [2.75, 3.05) is 4.72 Å². The van der Waals surface area contributed by atoms with Crippen molar-refractivity contribution in [3.05, 3.63) is 39.4 Å². The molecule has 0 unspecified atom stereocenters. The van der Waals surface area contributed by atoms with Gasteiger partial charge in [-0.3, -0.25) is 9.71 Å². The Kier molecular flexibility index (Phi) is 4.29. The lowest BCUT2D eigenvalue weighted by Gasteiger charge is -2.07. The molecular formula is C10H9Br2N3O3S. The number of anilines is 1. The highest BCUT2D eigenvalue weighted by Crippen LogP contribution is 2.29. The highest BCUT2D eigenvalue weighted by Gasteiger charge is 2.23. The van der Waals surface area contributed by atoms with Gasteiger partial charge in [0.1, 0.15) is 10.7 Å². The zero-order valence-corrected chi connectivity index (χ0v) is 13.4. The first kappa shape index (κ1) is 14.5. The molecule has 0 saturated heterocycles. The van der Waals surface area contributed by atoms with E-state index in [1.807, 2.05) is 0 Å². The van der Waals surface area contributed by atoms with Crippen LogP contribution in [-0.4, -0.2) is 13.4 Å². The number of furan rings is 1. The zero-order chi connectivity index (χ0) is 14.0. The fraction of sp³-hybridized carbons (Fsp3) is 0.100. The van der Waals surface area contributed by atoms with Crippen molar-refractivity contribution in [2.45, 2.75) is 11.4 Å². The van der Waals surface area contributed by atoms with Gasteiger partial charge in [-0.2, -0.15) is 0 Å². The van der Waals surface area contributed by atoms with E-state index in [1.165, 1.54) is 18.5 Å². The quantitative estimate of drug-likeness (QED) is 0.806. The Morgan fingerprint density at radius 1 is 1.42 bits per heavy atom. The molecule has 0 aliphatic heterocycles. The Bertz CT molecular complexity index is 700. The van der Waals surface area contributed by atoms with Crippen molar-refractivity contribution in [1.82, 2.24) is 4.98 Å². The summed E-state index contributed by atoms with van der Waals surface area (Å²) in [7, 11) is -3.76. The van der Waals surface area contributed by atoms with Gasteiger partial charge in [0.15, 0.2) is 4.67 Å². The number of hydrogen-bond acceptors (Lipinski definition) is 5. The van der Waals surface area contributed by atoms with E-state index in [2.05, 4.69) is 41.6 Å². The first-order chi connectivity index (χ1) is 8.94. The van der Waals surface area contributed by atoms with Crippen LogP contribution in [-0.2, 0) is 16.6 Å². The fourth-order valence-corrected chi connectivity index (χ4v) is 3.90. The van der Waals surface area contributed by atoms with Gasteiger partial charge in [0.25, 0.3) is 10.0 Å². The van der Waals surface area contributed by atoms with Crippen LogP contribution in [0.4, 0.5) is 5.69 Å². The monoisotopic (exact) mass is 409 g/mol. The Labute approximate surface area is 126 Å². The maximum atomic E-state index is 12.2. The van der Waals surface area contributed by atoms with Crippen molar-refractivity contribution >= 4 is 47.6 Å². The molecule has 102 valence electrons. The second-order valence-corrected chi connectivity index (χ2v) is 6.74. The molecule has 0 aromatic carbocycles. The molecule has 19 heavy (non-hydrogen) atoms. The highest BCUT2D eigenvalue weighted by molar-refractivity contribution is 9.10. The molecule has 2 aromatic heterocycles. The summed E-state index contributed by atoms with van der Waals surface area (Å²) in [5.41, 5.74) is 5.79. The average molecular weight is 411 g/mol. The molecule has 9 heteroatoms. The third kappa shape index (κ3) is 3.16. The summed E-state index contributed by atoms with van der Waals surface area (Å²) in [4.78, 5) is 3.85. The molecule has 2 heterocycles. The highest BCUT2D eigenvalue weighted by atomic mass is 79.9. The summed E-state index contributed by atoms with van der Waals surface area (Å²) in [5, 5.41) is 0. The third-order valence-electron chi connectivity index (χ3n) is 2.21. The molecule has 0 atom stereocenters. The first-order valence-electron chi connectivity index (χ1n) is 5.04. The van der Waals surface area contributed by atoms with Gasteiger partial charge in [-0.25, -0.2) is 8.42 Å². The van der Waals surface area contributed by atoms with Gasteiger partial charge in [0.05, 0.1) is 16.7 Å². The summed E-state index contributed by atoms with van der Waals surface area (Å²) in [6.45, 7) is 0.118. The Morgan fingerprint density at radius 3 is 2.74 bits per heavy atom. The number of sulfonamides is 1. The number of aromatic nitrogens is 1. The summed E-state index contributed by atoms with van der Waals surface area (Å²) < 4.78 is 32.7. The lowest BCUT2D eigenvalue weighted by Crippen LogP contribution is -2.13. The van der Waals surface area contributed by atoms with E-state index in [0.717, 1.165) is 0 Å². The van der Waals surface area contributed by atoms with Crippen LogP contribution >= 0.6 is 31.9 Å². The normalized spacial score (nSPS) is 11.5. The number of nitrogens with one attached hydrogen (secondary N) is 1. The van der Waals surface area contributed by atoms with Crippen molar-refractivity contribution in [2.24, 2.45) is 5.73 Å². The van der Waals surface area contributed by atoms with E-state index in [0.29, 0.717) is 15.9 Å². The van der Waals surface area contributed by atoms with Gasteiger partial charge >= 0.3 is 0 Å². The fourth-order valence-electron chi connectivity index (χ4n) is 1.34. The van der Waals surface area contributed by atoms with Crippen LogP contribution < -0.4 is 10.5 Å². The molecule has 0 aliphatic rings. The van der Waals surface area contributed by atoms with Crippen molar-refractivity contribution < 1.29 is 12.8 Å². The summed E-state index contributed by atoms with van der Waals surface area (Å²) in [6.07, 6.45) is 2.98. The third-order valence-corrected chi connectivity index (χ3v) is 5.07. The average Bonchev–Trinajstić information content (AvgIpc) is 2.74. The number of nitrogens with zero attached hydrogens (tertiary/aromatic N) is 1. The van der Waals surface area contributed by atoms with Gasteiger partial charge in [-0.15, -0.1) is 0 Å². The number of rotatable bonds is 4. The molecule has 2 aromatic rings. The minimum atomic E-state index is -3.76. The van der Waals surface area contributed by atoms with Crippen LogP contribution in [0.5, 0.6) is 0 Å². The summed E-state index contributed by atoms with van der Waals surface area (Å²) in [5.74, 6) is 0.376. The predicted molar refractivity (Wildman–Crippen MR) is 77.0 cm³/mol. The molecule has 0 bridgehead atoms. The standard InChI is InChI=1S/C10H9Br2N3O3S/c11-7-5-14-2-1-8(7)15-19(16,17)9-3-6(4-13)18-10(9)12/h1-3,5H,4,13H2,(H,14,15). The van der Waals surface area contributed by atoms with E-state index in [9.17, 15) is 8.42 Å². The van der Waals surface area contributed by atoms with E-state index in [-0.39, 0.29) is 16.1 Å². The maximum Gasteiger partial charge on any atom is 0.266 e. The van der Waals surface area contributed by atoms with Crippen molar-refractivity contribution in [1.29, 1.82) is 0 Å². The topological polar surface area (TPSA) is 98.2 Å². The van der Waals surface area contributed by atoms with Crippen LogP contribution in [0.1, 0.15) is 5.76 Å². The van der Waals surface area contributed by atoms with Gasteiger partial charge in [-0.05, 0) is 37.9 Å². The summed E-state index contributed by atoms with van der Waals surface area (Å²) in [6, 6.07) is 2.92. The molecule has 0 amide bonds. The number of hydrogen-bond donors (Lipinski definition) is 2. The second-order valence-electron chi connectivity index (χ2n) is 3.52. The number of pyridine rings is 1. The maximum absolute atomic E-state index is 12.2. The van der Waals surface area contributed by atoms with Crippen LogP contribution in [0.2, 0.25) is 0 Å². The minimum Gasteiger partial charge on any atom is -0.452 e. The van der Waals surface area contributed by atoms with Crippen LogP contribution in [0.15, 0.2) is 43.0 Å². The van der Waals surface area contributed by atoms with Gasteiger partial charge in [0.2, 0.25) is 0 Å². The van der Waals surface area contributed by atoms with Crippen LogP contribution in [0, 0.1) is 0 Å². The predicted octanol–water partition coefficient (Wildman–Crippen LogP) is 2.46. The van der Waals surface area contributed by atoms with Crippen LogP contribution in [0.3, 0.4) is 0 Å². The van der Waals surface area contributed by atoms with E-state index in [4.69, 9.17) is 10.2 Å². The first-order valence-corrected chi connectivity index (χ1v) is 8.11. The molecule has 2 rings (SSSR count).